The molecule has 0 radical (unpaired) electrons. The summed E-state index contributed by atoms with van der Waals surface area (Å²) in [6.07, 6.45) is 2.10. The van der Waals surface area contributed by atoms with Gasteiger partial charge < -0.3 is 0 Å². The molecule has 0 nitrogen and oxygen atoms in total. The fourth-order valence-electron chi connectivity index (χ4n) is 0.785. The van der Waals surface area contributed by atoms with Gasteiger partial charge >= 0.3 is 69.1 Å². The second-order valence-electron chi connectivity index (χ2n) is 1.97. The van der Waals surface area contributed by atoms with E-state index >= 15 is 0 Å². The normalized spacial score (nSPS) is 9.67. The van der Waals surface area contributed by atoms with Gasteiger partial charge in [0.15, 0.2) is 0 Å². The predicted octanol–water partition coefficient (Wildman–Crippen LogP) is 1.20. The van der Waals surface area contributed by atoms with Gasteiger partial charge in [0.1, 0.15) is 0 Å². The summed E-state index contributed by atoms with van der Waals surface area (Å²) in [6.45, 7) is 0. The first kappa shape index (κ1) is 7.28. The van der Waals surface area contributed by atoms with Crippen LogP contribution in [0.4, 0.5) is 0 Å². The summed E-state index contributed by atoms with van der Waals surface area (Å²) in [5, 5.41) is 0. The van der Waals surface area contributed by atoms with Gasteiger partial charge in [-0.3, -0.25) is 0 Å². The monoisotopic (exact) mass is 130 g/mol. The van der Waals surface area contributed by atoms with Crippen LogP contribution in [0.25, 0.3) is 0 Å². The van der Waals surface area contributed by atoms with Crippen molar-refractivity contribution < 1.29 is 0 Å². The molecule has 0 atom stereocenters. The van der Waals surface area contributed by atoms with Crippen LogP contribution >= 0.6 is 11.8 Å². The topological polar surface area (TPSA) is 0 Å². The third kappa shape index (κ3) is 1.79. The number of hydrogen-bond acceptors (Lipinski definition) is 1. The Labute approximate surface area is 69.2 Å². The van der Waals surface area contributed by atoms with Gasteiger partial charge in [-0.2, -0.15) is 0 Å². The van der Waals surface area contributed by atoms with Crippen LogP contribution in [0.5, 0.6) is 0 Å². The molecule has 0 spiro atoms. The van der Waals surface area contributed by atoms with E-state index in [9.17, 15) is 0 Å². The SMILES string of the molecule is [Li][c]1ccccc1SC. The maximum absolute atomic E-state index is 2.14. The van der Waals surface area contributed by atoms with Crippen LogP contribution < -0.4 is 4.24 Å². The number of hydrogen-bond donors (Lipinski definition) is 0. The Balaban J connectivity index is 3.01. The average molecular weight is 130 g/mol. The summed E-state index contributed by atoms with van der Waals surface area (Å²) >= 11 is 3.93. The van der Waals surface area contributed by atoms with Crippen molar-refractivity contribution in [2.45, 2.75) is 4.90 Å². The minimum atomic E-state index is 1.37. The van der Waals surface area contributed by atoms with Crippen LogP contribution in [0.3, 0.4) is 0 Å². The number of rotatable bonds is 1. The zero-order valence-corrected chi connectivity index (χ0v) is 6.53. The summed E-state index contributed by atoms with van der Waals surface area (Å²) in [4.78, 5) is 1.37. The average Bonchev–Trinajstić information content (AvgIpc) is 1.89. The molecule has 9 heavy (non-hydrogen) atoms. The Kier molecular flexibility index (Phi) is 2.72. The first-order valence-corrected chi connectivity index (χ1v) is 4.16. The Morgan fingerprint density at radius 1 is 1.33 bits per heavy atom. The molecule has 1 aromatic rings. The molecule has 0 saturated carbocycles. The van der Waals surface area contributed by atoms with Gasteiger partial charge in [-0.1, -0.05) is 0 Å². The van der Waals surface area contributed by atoms with E-state index in [1.165, 1.54) is 9.13 Å². The van der Waals surface area contributed by atoms with Crippen molar-refractivity contribution in [3.05, 3.63) is 24.3 Å². The van der Waals surface area contributed by atoms with E-state index in [1.54, 1.807) is 11.8 Å². The Morgan fingerprint density at radius 3 is 2.44 bits per heavy atom. The molecule has 0 unspecified atom stereocenters. The van der Waals surface area contributed by atoms with Crippen LogP contribution in [0.2, 0.25) is 0 Å². The summed E-state index contributed by atoms with van der Waals surface area (Å²) in [5.74, 6) is 0. The molecule has 0 heterocycles. The van der Waals surface area contributed by atoms with Crippen molar-refractivity contribution in [3.8, 4) is 0 Å². The number of thioether (sulfide) groups is 1. The second kappa shape index (κ2) is 3.36. The molecule has 0 aliphatic rings. The van der Waals surface area contributed by atoms with Crippen molar-refractivity contribution in [2.75, 3.05) is 6.26 Å². The third-order valence-electron chi connectivity index (χ3n) is 1.31. The summed E-state index contributed by atoms with van der Waals surface area (Å²) in [6, 6.07) is 8.40. The van der Waals surface area contributed by atoms with Crippen molar-refractivity contribution in [2.24, 2.45) is 0 Å². The second-order valence-corrected chi connectivity index (χ2v) is 2.82. The molecule has 0 bridgehead atoms. The molecule has 0 aliphatic carbocycles. The quantitative estimate of drug-likeness (QED) is 0.406. The number of benzene rings is 1. The van der Waals surface area contributed by atoms with Crippen molar-refractivity contribution in [1.82, 2.24) is 0 Å². The zero-order valence-electron chi connectivity index (χ0n) is 5.72. The first-order chi connectivity index (χ1) is 4.34. The van der Waals surface area contributed by atoms with Crippen LogP contribution in [-0.4, -0.2) is 24.0 Å². The standard InChI is InChI=1S/C7H7S.Li/c1-8-7-5-3-2-4-6-7;/h2-5H,1H3;. The minimum absolute atomic E-state index is 1.37. The van der Waals surface area contributed by atoms with E-state index in [1.807, 2.05) is 0 Å². The molecule has 0 aliphatic heterocycles. The fourth-order valence-corrected chi connectivity index (χ4v) is 1.39. The summed E-state index contributed by atoms with van der Waals surface area (Å²) in [5.41, 5.74) is 0. The van der Waals surface area contributed by atoms with Crippen LogP contribution in [0, 0.1) is 0 Å². The van der Waals surface area contributed by atoms with Gasteiger partial charge in [-0.25, -0.2) is 0 Å². The predicted molar refractivity (Wildman–Crippen MR) is 43.6 cm³/mol. The zero-order chi connectivity index (χ0) is 6.69. The molecule has 2 heteroatoms. The van der Waals surface area contributed by atoms with Crippen LogP contribution in [0.1, 0.15) is 0 Å². The van der Waals surface area contributed by atoms with E-state index in [0.717, 1.165) is 0 Å². The Morgan fingerprint density at radius 2 is 2.00 bits per heavy atom. The van der Waals surface area contributed by atoms with E-state index in [0.29, 0.717) is 0 Å². The molecule has 0 saturated heterocycles. The molecule has 0 fully saturated rings. The first-order valence-electron chi connectivity index (χ1n) is 2.94. The molecular formula is C7H7LiS. The third-order valence-corrected chi connectivity index (χ3v) is 2.21. The van der Waals surface area contributed by atoms with E-state index < -0.39 is 0 Å². The maximum atomic E-state index is 2.14. The summed E-state index contributed by atoms with van der Waals surface area (Å²) in [7, 11) is 0. The van der Waals surface area contributed by atoms with E-state index in [2.05, 4.69) is 48.2 Å². The Bertz CT molecular complexity index is 198. The van der Waals surface area contributed by atoms with E-state index in [-0.39, 0.29) is 0 Å². The fraction of sp³-hybridized carbons (Fsp3) is 0.143. The molecule has 0 aromatic heterocycles. The molecule has 0 N–H and O–H groups in total. The van der Waals surface area contributed by atoms with Crippen molar-refractivity contribution >= 4 is 33.7 Å². The van der Waals surface area contributed by atoms with Gasteiger partial charge in [-0.15, -0.1) is 0 Å². The van der Waals surface area contributed by atoms with Crippen molar-refractivity contribution in [3.63, 3.8) is 0 Å². The van der Waals surface area contributed by atoms with Gasteiger partial charge in [0.25, 0.3) is 0 Å². The molecule has 1 aromatic carbocycles. The van der Waals surface area contributed by atoms with Gasteiger partial charge in [0, 0.05) is 0 Å². The van der Waals surface area contributed by atoms with Crippen molar-refractivity contribution in [1.29, 1.82) is 0 Å². The van der Waals surface area contributed by atoms with Gasteiger partial charge in [-0.05, 0) is 0 Å². The molecular weight excluding hydrogens is 123 g/mol. The molecule has 1 rings (SSSR count). The molecule has 0 amide bonds. The van der Waals surface area contributed by atoms with Crippen LogP contribution in [0.15, 0.2) is 29.2 Å². The molecule has 42 valence electrons. The van der Waals surface area contributed by atoms with E-state index in [4.69, 9.17) is 0 Å². The van der Waals surface area contributed by atoms with Crippen LogP contribution in [-0.2, 0) is 0 Å². The Hall–Kier alpha value is 0.167. The van der Waals surface area contributed by atoms with Gasteiger partial charge in [0.05, 0.1) is 0 Å². The summed E-state index contributed by atoms with van der Waals surface area (Å²) < 4.78 is 1.37. The van der Waals surface area contributed by atoms with Gasteiger partial charge in [0.2, 0.25) is 0 Å².